The number of aryl methyl sites for hydroxylation is 1. The van der Waals surface area contributed by atoms with Crippen molar-refractivity contribution in [1.29, 1.82) is 0 Å². The predicted molar refractivity (Wildman–Crippen MR) is 104 cm³/mol. The van der Waals surface area contributed by atoms with E-state index in [1.807, 2.05) is 53.4 Å². The smallest absolute Gasteiger partial charge is 0.227 e. The Morgan fingerprint density at radius 1 is 1.00 bits per heavy atom. The Hall–Kier alpha value is -2.76. The van der Waals surface area contributed by atoms with Crippen molar-refractivity contribution < 1.29 is 14.3 Å². The Labute approximate surface area is 160 Å². The fourth-order valence-electron chi connectivity index (χ4n) is 3.51. The van der Waals surface area contributed by atoms with E-state index in [9.17, 15) is 9.59 Å². The summed E-state index contributed by atoms with van der Waals surface area (Å²) < 4.78 is 5.27. The van der Waals surface area contributed by atoms with E-state index in [1.54, 1.807) is 7.11 Å². The average Bonchev–Trinajstić information content (AvgIpc) is 3.02. The molecular formula is C21H27N3O3. The number of carbonyl (C=O) groups is 2. The second-order valence-corrected chi connectivity index (χ2v) is 6.99. The number of benzene rings is 1. The number of aromatic amines is 1. The highest BCUT2D eigenvalue weighted by molar-refractivity contribution is 5.80. The lowest BCUT2D eigenvalue weighted by molar-refractivity contribution is -0.132. The number of aromatic nitrogens is 1. The van der Waals surface area contributed by atoms with Crippen LogP contribution in [0, 0.1) is 6.92 Å². The Bertz CT molecular complexity index is 786. The van der Waals surface area contributed by atoms with Crippen LogP contribution in [0.4, 0.5) is 0 Å². The fourth-order valence-corrected chi connectivity index (χ4v) is 3.51. The van der Waals surface area contributed by atoms with Gasteiger partial charge in [-0.2, -0.15) is 0 Å². The third-order valence-electron chi connectivity index (χ3n) is 5.03. The van der Waals surface area contributed by atoms with Gasteiger partial charge in [0.05, 0.1) is 20.0 Å². The molecule has 1 aromatic heterocycles. The van der Waals surface area contributed by atoms with Gasteiger partial charge in [0.1, 0.15) is 5.75 Å². The number of ether oxygens (including phenoxy) is 1. The zero-order valence-corrected chi connectivity index (χ0v) is 16.0. The average molecular weight is 369 g/mol. The number of hydrogen-bond donors (Lipinski definition) is 1. The summed E-state index contributed by atoms with van der Waals surface area (Å²) in [6.45, 7) is 4.56. The van der Waals surface area contributed by atoms with Crippen molar-refractivity contribution in [3.8, 4) is 5.75 Å². The number of nitrogens with zero attached hydrogens (tertiary/aromatic N) is 2. The molecule has 6 nitrogen and oxygen atoms in total. The number of methoxy groups -OCH3 is 1. The van der Waals surface area contributed by atoms with Gasteiger partial charge < -0.3 is 19.5 Å². The van der Waals surface area contributed by atoms with E-state index in [2.05, 4.69) is 4.98 Å². The maximum atomic E-state index is 12.7. The maximum Gasteiger partial charge on any atom is 0.227 e. The lowest BCUT2D eigenvalue weighted by Crippen LogP contribution is -2.38. The van der Waals surface area contributed by atoms with E-state index in [-0.39, 0.29) is 11.8 Å². The molecule has 0 saturated carbocycles. The molecule has 0 spiro atoms. The molecule has 27 heavy (non-hydrogen) atoms. The van der Waals surface area contributed by atoms with Gasteiger partial charge in [-0.15, -0.1) is 0 Å². The first kappa shape index (κ1) is 19.0. The van der Waals surface area contributed by atoms with Gasteiger partial charge in [-0.1, -0.05) is 12.1 Å². The first-order valence-corrected chi connectivity index (χ1v) is 9.37. The third-order valence-corrected chi connectivity index (χ3v) is 5.03. The molecule has 1 aliphatic heterocycles. The minimum Gasteiger partial charge on any atom is -0.496 e. The number of rotatable bonds is 5. The Balaban J connectivity index is 1.54. The van der Waals surface area contributed by atoms with E-state index in [1.165, 1.54) is 0 Å². The van der Waals surface area contributed by atoms with Gasteiger partial charge in [-0.05, 0) is 42.2 Å². The highest BCUT2D eigenvalue weighted by atomic mass is 16.5. The van der Waals surface area contributed by atoms with E-state index in [0.717, 1.165) is 28.9 Å². The molecule has 2 heterocycles. The van der Waals surface area contributed by atoms with Gasteiger partial charge >= 0.3 is 0 Å². The van der Waals surface area contributed by atoms with Gasteiger partial charge in [0.25, 0.3) is 0 Å². The summed E-state index contributed by atoms with van der Waals surface area (Å²) in [7, 11) is 1.65. The third kappa shape index (κ3) is 4.90. The topological polar surface area (TPSA) is 65.6 Å². The molecule has 6 heteroatoms. The molecule has 0 atom stereocenters. The highest BCUT2D eigenvalue weighted by Gasteiger charge is 2.22. The summed E-state index contributed by atoms with van der Waals surface area (Å²) in [5.41, 5.74) is 3.01. The molecule has 1 aromatic carbocycles. The SMILES string of the molecule is COc1ccc(CC(=O)N2CCCN(C(=O)Cc3cc[nH]c3)CC2)cc1C. The number of carbonyl (C=O) groups excluding carboxylic acids is 2. The van der Waals surface area contributed by atoms with Crippen LogP contribution < -0.4 is 4.74 Å². The molecule has 2 aromatic rings. The standard InChI is InChI=1S/C21H27N3O3/c1-16-12-17(4-5-19(16)27-2)13-20(25)23-8-3-9-24(11-10-23)21(26)14-18-6-7-22-15-18/h4-7,12,15,22H,3,8-11,13-14H2,1-2H3. The molecule has 0 unspecified atom stereocenters. The predicted octanol–water partition coefficient (Wildman–Crippen LogP) is 2.18. The molecule has 1 aliphatic rings. The van der Waals surface area contributed by atoms with Crippen LogP contribution in [0.25, 0.3) is 0 Å². The molecule has 3 rings (SSSR count). The molecule has 1 N–H and O–H groups in total. The first-order valence-electron chi connectivity index (χ1n) is 9.37. The van der Waals surface area contributed by atoms with E-state index in [4.69, 9.17) is 4.74 Å². The van der Waals surface area contributed by atoms with Crippen molar-refractivity contribution in [2.24, 2.45) is 0 Å². The summed E-state index contributed by atoms with van der Waals surface area (Å²) in [4.78, 5) is 31.9. The van der Waals surface area contributed by atoms with Gasteiger partial charge in [0.15, 0.2) is 0 Å². The summed E-state index contributed by atoms with van der Waals surface area (Å²) in [6.07, 6.45) is 5.27. The minimum atomic E-state index is 0.111. The van der Waals surface area contributed by atoms with Crippen LogP contribution in [0.15, 0.2) is 36.7 Å². The summed E-state index contributed by atoms with van der Waals surface area (Å²) >= 11 is 0. The molecule has 1 saturated heterocycles. The van der Waals surface area contributed by atoms with Crippen LogP contribution in [0.5, 0.6) is 5.75 Å². The maximum absolute atomic E-state index is 12.7. The number of amides is 2. The summed E-state index contributed by atoms with van der Waals surface area (Å²) in [5.74, 6) is 1.06. The quantitative estimate of drug-likeness (QED) is 0.879. The van der Waals surface area contributed by atoms with Crippen LogP contribution in [0.2, 0.25) is 0 Å². The molecule has 0 aliphatic carbocycles. The zero-order valence-electron chi connectivity index (χ0n) is 16.0. The Kier molecular flexibility index (Phi) is 6.16. The fraction of sp³-hybridized carbons (Fsp3) is 0.429. The minimum absolute atomic E-state index is 0.111. The van der Waals surface area contributed by atoms with Gasteiger partial charge in [-0.25, -0.2) is 0 Å². The summed E-state index contributed by atoms with van der Waals surface area (Å²) in [6, 6.07) is 7.76. The summed E-state index contributed by atoms with van der Waals surface area (Å²) in [5, 5.41) is 0. The van der Waals surface area contributed by atoms with Crippen LogP contribution in [-0.2, 0) is 22.4 Å². The number of nitrogens with one attached hydrogen (secondary N) is 1. The zero-order chi connectivity index (χ0) is 19.2. The van der Waals surface area contributed by atoms with Crippen molar-refractivity contribution in [1.82, 2.24) is 14.8 Å². The lowest BCUT2D eigenvalue weighted by atomic mass is 10.1. The second-order valence-electron chi connectivity index (χ2n) is 6.99. The van der Waals surface area contributed by atoms with E-state index >= 15 is 0 Å². The molecule has 0 bridgehead atoms. The van der Waals surface area contributed by atoms with E-state index in [0.29, 0.717) is 39.0 Å². The van der Waals surface area contributed by atoms with Crippen LogP contribution in [-0.4, -0.2) is 59.9 Å². The molecule has 2 amide bonds. The van der Waals surface area contributed by atoms with Crippen LogP contribution in [0.3, 0.4) is 0 Å². The Morgan fingerprint density at radius 3 is 2.22 bits per heavy atom. The largest absolute Gasteiger partial charge is 0.496 e. The van der Waals surface area contributed by atoms with Crippen molar-refractivity contribution in [2.45, 2.75) is 26.2 Å². The number of H-pyrrole nitrogens is 1. The van der Waals surface area contributed by atoms with Crippen molar-refractivity contribution in [2.75, 3.05) is 33.3 Å². The first-order chi connectivity index (χ1) is 13.1. The van der Waals surface area contributed by atoms with Gasteiger partial charge in [0, 0.05) is 38.6 Å². The van der Waals surface area contributed by atoms with Crippen molar-refractivity contribution in [3.05, 3.63) is 53.3 Å². The normalized spacial score (nSPS) is 14.7. The molecular weight excluding hydrogens is 342 g/mol. The lowest BCUT2D eigenvalue weighted by Gasteiger charge is -2.22. The van der Waals surface area contributed by atoms with Gasteiger partial charge in [-0.3, -0.25) is 9.59 Å². The van der Waals surface area contributed by atoms with Gasteiger partial charge in [0.2, 0.25) is 11.8 Å². The van der Waals surface area contributed by atoms with Crippen LogP contribution in [0.1, 0.15) is 23.1 Å². The highest BCUT2D eigenvalue weighted by Crippen LogP contribution is 2.19. The molecule has 0 radical (unpaired) electrons. The van der Waals surface area contributed by atoms with Crippen molar-refractivity contribution >= 4 is 11.8 Å². The molecule has 1 fully saturated rings. The van der Waals surface area contributed by atoms with Crippen LogP contribution >= 0.6 is 0 Å². The Morgan fingerprint density at radius 2 is 1.67 bits per heavy atom. The monoisotopic (exact) mass is 369 g/mol. The van der Waals surface area contributed by atoms with Crippen molar-refractivity contribution in [3.63, 3.8) is 0 Å². The number of hydrogen-bond acceptors (Lipinski definition) is 3. The second kappa shape index (κ2) is 8.75. The van der Waals surface area contributed by atoms with E-state index < -0.39 is 0 Å². The molecule has 144 valence electrons.